The number of hydrogen-bond donors (Lipinski definition) is 2. The van der Waals surface area contributed by atoms with Crippen molar-refractivity contribution < 1.29 is 18.7 Å². The summed E-state index contributed by atoms with van der Waals surface area (Å²) in [6, 6.07) is 6.68. The van der Waals surface area contributed by atoms with Crippen molar-refractivity contribution in [2.75, 3.05) is 18.4 Å². The Balaban J connectivity index is 1.67. The van der Waals surface area contributed by atoms with E-state index in [2.05, 4.69) is 10.3 Å². The lowest BCUT2D eigenvalue weighted by molar-refractivity contribution is -0.0213. The number of anilines is 1. The van der Waals surface area contributed by atoms with Crippen LogP contribution in [0.5, 0.6) is 0 Å². The van der Waals surface area contributed by atoms with E-state index in [1.807, 2.05) is 13.0 Å². The number of hydrogen-bond acceptors (Lipinski definition) is 3. The third-order valence-electron chi connectivity index (χ3n) is 4.45. The van der Waals surface area contributed by atoms with Crippen LogP contribution in [0.3, 0.4) is 0 Å². The third-order valence-corrected chi connectivity index (χ3v) is 4.45. The smallest absolute Gasteiger partial charge is 0.323 e. The summed E-state index contributed by atoms with van der Waals surface area (Å²) in [7, 11) is 0. The van der Waals surface area contributed by atoms with E-state index >= 15 is 0 Å². The molecule has 2 heterocycles. The van der Waals surface area contributed by atoms with Crippen molar-refractivity contribution >= 4 is 11.8 Å². The molecule has 2 amide bonds. The predicted octanol–water partition coefficient (Wildman–Crippen LogP) is 3.18. The van der Waals surface area contributed by atoms with Gasteiger partial charge in [0.2, 0.25) is 0 Å². The summed E-state index contributed by atoms with van der Waals surface area (Å²) in [5.74, 6) is -1.12. The maximum absolute atomic E-state index is 14.0. The van der Waals surface area contributed by atoms with Gasteiger partial charge in [-0.3, -0.25) is 5.32 Å². The van der Waals surface area contributed by atoms with Gasteiger partial charge < -0.3 is 10.0 Å². The molecular weight excluding hydrogens is 328 g/mol. The highest BCUT2D eigenvalue weighted by molar-refractivity contribution is 5.88. The van der Waals surface area contributed by atoms with Gasteiger partial charge >= 0.3 is 6.03 Å². The number of pyridine rings is 1. The standard InChI is InChI=1S/C18H19F2N3O2/c1-12-5-6-15(21-11-12)22-17(24)23-9-7-18(25,8-10-23)16-13(19)3-2-4-14(16)20/h2-6,11,25H,7-10H2,1H3,(H,21,22,24). The first-order valence-electron chi connectivity index (χ1n) is 8.04. The summed E-state index contributed by atoms with van der Waals surface area (Å²) in [6.07, 6.45) is 1.75. The van der Waals surface area contributed by atoms with Crippen molar-refractivity contribution in [3.05, 3.63) is 59.3 Å². The lowest BCUT2D eigenvalue weighted by Gasteiger charge is -2.38. The van der Waals surface area contributed by atoms with E-state index < -0.39 is 17.2 Å². The molecule has 7 heteroatoms. The molecule has 0 radical (unpaired) electrons. The Labute approximate surface area is 144 Å². The maximum Gasteiger partial charge on any atom is 0.323 e. The van der Waals surface area contributed by atoms with Crippen LogP contribution in [0.25, 0.3) is 0 Å². The molecular formula is C18H19F2N3O2. The van der Waals surface area contributed by atoms with Crippen molar-refractivity contribution in [1.29, 1.82) is 0 Å². The molecule has 0 aliphatic carbocycles. The van der Waals surface area contributed by atoms with Crippen molar-refractivity contribution in [2.24, 2.45) is 0 Å². The van der Waals surface area contributed by atoms with Gasteiger partial charge in [-0.05, 0) is 43.5 Å². The number of likely N-dealkylation sites (tertiary alicyclic amines) is 1. The minimum Gasteiger partial charge on any atom is -0.385 e. The van der Waals surface area contributed by atoms with E-state index in [0.29, 0.717) is 5.82 Å². The Morgan fingerprint density at radius 3 is 2.40 bits per heavy atom. The monoisotopic (exact) mass is 347 g/mol. The summed E-state index contributed by atoms with van der Waals surface area (Å²) >= 11 is 0. The van der Waals surface area contributed by atoms with Gasteiger partial charge in [0, 0.05) is 19.3 Å². The van der Waals surface area contributed by atoms with Gasteiger partial charge in [0.05, 0.1) is 11.2 Å². The first-order chi connectivity index (χ1) is 11.9. The van der Waals surface area contributed by atoms with Crippen LogP contribution in [-0.4, -0.2) is 34.1 Å². The topological polar surface area (TPSA) is 65.5 Å². The van der Waals surface area contributed by atoms with E-state index in [-0.39, 0.29) is 37.5 Å². The van der Waals surface area contributed by atoms with E-state index in [1.54, 1.807) is 12.3 Å². The number of aryl methyl sites for hydroxylation is 1. The fraction of sp³-hybridized carbons (Fsp3) is 0.333. The highest BCUT2D eigenvalue weighted by Crippen LogP contribution is 2.36. The van der Waals surface area contributed by atoms with E-state index in [9.17, 15) is 18.7 Å². The number of nitrogens with one attached hydrogen (secondary N) is 1. The van der Waals surface area contributed by atoms with E-state index in [1.165, 1.54) is 11.0 Å². The lowest BCUT2D eigenvalue weighted by Crippen LogP contribution is -2.47. The summed E-state index contributed by atoms with van der Waals surface area (Å²) in [6.45, 7) is 2.26. The molecule has 0 atom stereocenters. The van der Waals surface area contributed by atoms with Crippen LogP contribution in [0.2, 0.25) is 0 Å². The molecule has 25 heavy (non-hydrogen) atoms. The molecule has 1 fully saturated rings. The van der Waals surface area contributed by atoms with Gasteiger partial charge in [-0.15, -0.1) is 0 Å². The quantitative estimate of drug-likeness (QED) is 0.877. The summed E-state index contributed by atoms with van der Waals surface area (Å²) in [4.78, 5) is 17.9. The highest BCUT2D eigenvalue weighted by Gasteiger charge is 2.39. The van der Waals surface area contributed by atoms with Crippen molar-refractivity contribution in [3.8, 4) is 0 Å². The highest BCUT2D eigenvalue weighted by atomic mass is 19.1. The average Bonchev–Trinajstić information content (AvgIpc) is 2.57. The number of benzene rings is 1. The van der Waals surface area contributed by atoms with E-state index in [4.69, 9.17) is 0 Å². The number of carbonyl (C=O) groups is 1. The molecule has 5 nitrogen and oxygen atoms in total. The number of halogens is 2. The van der Waals surface area contributed by atoms with Crippen LogP contribution in [0, 0.1) is 18.6 Å². The number of carbonyl (C=O) groups excluding carboxylic acids is 1. The molecule has 1 aliphatic rings. The first kappa shape index (κ1) is 17.3. The Hall–Kier alpha value is -2.54. The maximum atomic E-state index is 14.0. The molecule has 2 N–H and O–H groups in total. The second-order valence-corrected chi connectivity index (χ2v) is 6.27. The van der Waals surface area contributed by atoms with Gasteiger partial charge in [0.15, 0.2) is 0 Å². The van der Waals surface area contributed by atoms with Gasteiger partial charge in [0.25, 0.3) is 0 Å². The third kappa shape index (κ3) is 3.61. The zero-order valence-electron chi connectivity index (χ0n) is 13.8. The molecule has 2 aromatic rings. The number of rotatable bonds is 2. The van der Waals surface area contributed by atoms with Crippen LogP contribution < -0.4 is 5.32 Å². The minimum absolute atomic E-state index is 0.0552. The number of amides is 2. The molecule has 0 spiro atoms. The first-order valence-corrected chi connectivity index (χ1v) is 8.04. The Morgan fingerprint density at radius 2 is 1.84 bits per heavy atom. The van der Waals surface area contributed by atoms with Gasteiger partial charge in [0.1, 0.15) is 17.5 Å². The normalized spacial score (nSPS) is 16.6. The van der Waals surface area contributed by atoms with Crippen molar-refractivity contribution in [3.63, 3.8) is 0 Å². The molecule has 1 aliphatic heterocycles. The van der Waals surface area contributed by atoms with Crippen LogP contribution in [0.15, 0.2) is 36.5 Å². The summed E-state index contributed by atoms with van der Waals surface area (Å²) in [5.41, 5.74) is -0.961. The molecule has 0 saturated carbocycles. The predicted molar refractivity (Wildman–Crippen MR) is 89.1 cm³/mol. The zero-order chi connectivity index (χ0) is 18.0. The molecule has 1 saturated heterocycles. The minimum atomic E-state index is -1.62. The molecule has 1 aromatic carbocycles. The molecule has 0 unspecified atom stereocenters. The van der Waals surface area contributed by atoms with Crippen LogP contribution >= 0.6 is 0 Å². The second kappa shape index (κ2) is 6.76. The SMILES string of the molecule is Cc1ccc(NC(=O)N2CCC(O)(c3c(F)cccc3F)CC2)nc1. The Bertz CT molecular complexity index is 752. The summed E-state index contributed by atoms with van der Waals surface area (Å²) < 4.78 is 27.9. The summed E-state index contributed by atoms with van der Waals surface area (Å²) in [5, 5.41) is 13.3. The molecule has 1 aromatic heterocycles. The zero-order valence-corrected chi connectivity index (χ0v) is 13.8. The fourth-order valence-electron chi connectivity index (χ4n) is 3.00. The van der Waals surface area contributed by atoms with Crippen LogP contribution in [0.4, 0.5) is 19.4 Å². The second-order valence-electron chi connectivity index (χ2n) is 6.27. The van der Waals surface area contributed by atoms with E-state index in [0.717, 1.165) is 17.7 Å². The Morgan fingerprint density at radius 1 is 1.20 bits per heavy atom. The van der Waals surface area contributed by atoms with Gasteiger partial charge in [-0.25, -0.2) is 18.6 Å². The fourth-order valence-corrected chi connectivity index (χ4v) is 3.00. The van der Waals surface area contributed by atoms with Crippen molar-refractivity contribution in [1.82, 2.24) is 9.88 Å². The molecule has 132 valence electrons. The number of aromatic nitrogens is 1. The molecule has 3 rings (SSSR count). The number of piperidine rings is 1. The van der Waals surface area contributed by atoms with Crippen LogP contribution in [0.1, 0.15) is 24.0 Å². The lowest BCUT2D eigenvalue weighted by atomic mass is 9.84. The van der Waals surface area contributed by atoms with Crippen LogP contribution in [-0.2, 0) is 5.60 Å². The number of aliphatic hydroxyl groups is 1. The number of urea groups is 1. The number of nitrogens with zero attached hydrogens (tertiary/aromatic N) is 2. The van der Waals surface area contributed by atoms with Gasteiger partial charge in [-0.2, -0.15) is 0 Å². The average molecular weight is 347 g/mol. The van der Waals surface area contributed by atoms with Crippen molar-refractivity contribution in [2.45, 2.75) is 25.4 Å². The van der Waals surface area contributed by atoms with Gasteiger partial charge in [-0.1, -0.05) is 12.1 Å². The molecule has 0 bridgehead atoms. The Kier molecular flexibility index (Phi) is 4.67. The largest absolute Gasteiger partial charge is 0.385 e.